The van der Waals surface area contributed by atoms with Crippen molar-refractivity contribution in [2.75, 3.05) is 6.54 Å². The molecule has 6 nitrogen and oxygen atoms in total. The fourth-order valence-electron chi connectivity index (χ4n) is 2.62. The van der Waals surface area contributed by atoms with E-state index in [9.17, 15) is 19.1 Å². The highest BCUT2D eigenvalue weighted by atomic mass is 19.1. The van der Waals surface area contributed by atoms with Gasteiger partial charge in [-0.25, -0.2) is 13.8 Å². The molecule has 7 heteroatoms. The van der Waals surface area contributed by atoms with Crippen LogP contribution in [0.2, 0.25) is 0 Å². The van der Waals surface area contributed by atoms with Crippen LogP contribution in [0.1, 0.15) is 51.0 Å². The van der Waals surface area contributed by atoms with Crippen LogP contribution in [0.4, 0.5) is 4.39 Å². The van der Waals surface area contributed by atoms with Crippen molar-refractivity contribution < 1.29 is 9.50 Å². The van der Waals surface area contributed by atoms with Gasteiger partial charge in [-0.3, -0.25) is 14.8 Å². The highest BCUT2D eigenvalue weighted by Gasteiger charge is 2.14. The van der Waals surface area contributed by atoms with Crippen LogP contribution in [0.3, 0.4) is 0 Å². The van der Waals surface area contributed by atoms with Crippen LogP contribution in [0, 0.1) is 5.82 Å². The molecule has 26 heavy (non-hydrogen) atoms. The first kappa shape index (κ1) is 19.6. The fraction of sp³-hybridized carbons (Fsp3) is 0.421. The maximum Gasteiger partial charge on any atom is 0.335 e. The third kappa shape index (κ3) is 5.15. The number of rotatable bonds is 9. The third-order valence-electron chi connectivity index (χ3n) is 4.07. The molecule has 0 atom stereocenters. The zero-order chi connectivity index (χ0) is 18.9. The fourth-order valence-corrected chi connectivity index (χ4v) is 2.62. The Balaban J connectivity index is 2.13. The normalized spacial score (nSPS) is 11.3. The van der Waals surface area contributed by atoms with Gasteiger partial charge >= 0.3 is 5.69 Å². The average molecular weight is 361 g/mol. The summed E-state index contributed by atoms with van der Waals surface area (Å²) in [5, 5.41) is 10.3. The Morgan fingerprint density at radius 3 is 2.46 bits per heavy atom. The molecule has 0 amide bonds. The van der Waals surface area contributed by atoms with Crippen molar-refractivity contribution in [3.63, 3.8) is 0 Å². The summed E-state index contributed by atoms with van der Waals surface area (Å²) in [7, 11) is 0. The van der Waals surface area contributed by atoms with Crippen molar-refractivity contribution in [2.45, 2.75) is 45.4 Å². The minimum Gasteiger partial charge on any atom is -0.493 e. The lowest BCUT2D eigenvalue weighted by molar-refractivity contribution is 0.430. The summed E-state index contributed by atoms with van der Waals surface area (Å²) < 4.78 is 14.0. The van der Waals surface area contributed by atoms with Gasteiger partial charge in [0.2, 0.25) is 5.88 Å². The first-order chi connectivity index (χ1) is 12.5. The molecule has 0 aliphatic heterocycles. The molecular weight excluding hydrogens is 337 g/mol. The van der Waals surface area contributed by atoms with Gasteiger partial charge in [-0.2, -0.15) is 0 Å². The number of aromatic hydroxyl groups is 1. The number of H-pyrrole nitrogens is 1. The lowest BCUT2D eigenvalue weighted by Crippen LogP contribution is -2.31. The molecule has 2 N–H and O–H groups in total. The second kappa shape index (κ2) is 9.70. The first-order valence-electron chi connectivity index (χ1n) is 8.88. The number of aromatic amines is 1. The number of aliphatic imine (C=N–C) groups is 1. The molecule has 1 aromatic heterocycles. The van der Waals surface area contributed by atoms with Crippen molar-refractivity contribution in [3.05, 3.63) is 56.5 Å². The number of aromatic nitrogens is 2. The summed E-state index contributed by atoms with van der Waals surface area (Å²) >= 11 is 0. The van der Waals surface area contributed by atoms with Gasteiger partial charge in [-0.15, -0.1) is 0 Å². The molecule has 0 aliphatic rings. The number of unbranched alkanes of at least 4 members (excludes halogenated alkanes) is 5. The van der Waals surface area contributed by atoms with E-state index < -0.39 is 22.9 Å². The standard InChI is InChI=1S/C19H24FN3O3/c1-2-3-4-5-6-7-12-21-13-16-17(24)22-19(26)23(18(16)25)15-10-8-14(20)9-11-15/h8-11,13,25H,2-7,12H2,1H3,(H,22,24,26). The summed E-state index contributed by atoms with van der Waals surface area (Å²) in [4.78, 5) is 30.3. The Bertz CT molecular complexity index is 854. The van der Waals surface area contributed by atoms with E-state index in [4.69, 9.17) is 0 Å². The summed E-state index contributed by atoms with van der Waals surface area (Å²) in [6, 6.07) is 5.01. The molecule has 0 spiro atoms. The zero-order valence-corrected chi connectivity index (χ0v) is 14.9. The van der Waals surface area contributed by atoms with Gasteiger partial charge in [0.15, 0.2) is 0 Å². The summed E-state index contributed by atoms with van der Waals surface area (Å²) in [5.74, 6) is -0.983. The molecule has 2 rings (SSSR count). The monoisotopic (exact) mass is 361 g/mol. The van der Waals surface area contributed by atoms with Crippen LogP contribution in [0.15, 0.2) is 38.8 Å². The van der Waals surface area contributed by atoms with E-state index >= 15 is 0 Å². The minimum absolute atomic E-state index is 0.0973. The Morgan fingerprint density at radius 1 is 1.12 bits per heavy atom. The molecule has 0 fully saturated rings. The Labute approximate surface area is 151 Å². The number of hydrogen-bond acceptors (Lipinski definition) is 4. The van der Waals surface area contributed by atoms with Crippen molar-refractivity contribution in [2.24, 2.45) is 4.99 Å². The minimum atomic E-state index is -0.799. The Hall–Kier alpha value is -2.70. The molecule has 0 bridgehead atoms. The van der Waals surface area contributed by atoms with Gasteiger partial charge in [0.25, 0.3) is 5.56 Å². The molecule has 0 radical (unpaired) electrons. The molecule has 1 aromatic carbocycles. The van der Waals surface area contributed by atoms with Gasteiger partial charge in [0.1, 0.15) is 11.4 Å². The topological polar surface area (TPSA) is 87.4 Å². The third-order valence-corrected chi connectivity index (χ3v) is 4.07. The van der Waals surface area contributed by atoms with Crippen LogP contribution in [0.25, 0.3) is 5.69 Å². The van der Waals surface area contributed by atoms with Gasteiger partial charge in [-0.05, 0) is 30.7 Å². The van der Waals surface area contributed by atoms with Crippen LogP contribution in [0.5, 0.6) is 5.88 Å². The Kier molecular flexibility index (Phi) is 7.32. The molecule has 140 valence electrons. The zero-order valence-electron chi connectivity index (χ0n) is 14.9. The molecular formula is C19H24FN3O3. The SMILES string of the molecule is CCCCCCCCN=Cc1c(O)n(-c2ccc(F)cc2)c(=O)[nH]c1=O. The highest BCUT2D eigenvalue weighted by molar-refractivity contribution is 5.82. The molecule has 0 aliphatic carbocycles. The van der Waals surface area contributed by atoms with Gasteiger partial charge in [0.05, 0.1) is 5.69 Å². The number of benzene rings is 1. The van der Waals surface area contributed by atoms with Crippen molar-refractivity contribution in [1.29, 1.82) is 0 Å². The number of nitrogens with one attached hydrogen (secondary N) is 1. The smallest absolute Gasteiger partial charge is 0.335 e. The van der Waals surface area contributed by atoms with Crippen LogP contribution in [-0.4, -0.2) is 27.4 Å². The van der Waals surface area contributed by atoms with Crippen molar-refractivity contribution >= 4 is 6.21 Å². The van der Waals surface area contributed by atoms with Gasteiger partial charge in [0, 0.05) is 12.8 Å². The van der Waals surface area contributed by atoms with E-state index in [1.807, 2.05) is 0 Å². The molecule has 2 aromatic rings. The van der Waals surface area contributed by atoms with Crippen LogP contribution >= 0.6 is 0 Å². The van der Waals surface area contributed by atoms with Crippen molar-refractivity contribution in [3.8, 4) is 11.6 Å². The van der Waals surface area contributed by atoms with E-state index in [2.05, 4.69) is 16.9 Å². The maximum absolute atomic E-state index is 13.1. The maximum atomic E-state index is 13.1. The van der Waals surface area contributed by atoms with E-state index in [-0.39, 0.29) is 11.3 Å². The Morgan fingerprint density at radius 2 is 1.77 bits per heavy atom. The van der Waals surface area contributed by atoms with Crippen LogP contribution in [-0.2, 0) is 0 Å². The van der Waals surface area contributed by atoms with E-state index in [0.29, 0.717) is 6.54 Å². The van der Waals surface area contributed by atoms with E-state index in [1.165, 1.54) is 49.7 Å². The number of nitrogens with zero attached hydrogens (tertiary/aromatic N) is 2. The second-order valence-corrected chi connectivity index (χ2v) is 6.11. The van der Waals surface area contributed by atoms with Gasteiger partial charge in [-0.1, -0.05) is 39.0 Å². The van der Waals surface area contributed by atoms with E-state index in [1.54, 1.807) is 0 Å². The quantitative estimate of drug-likeness (QED) is 0.531. The predicted molar refractivity (Wildman–Crippen MR) is 100 cm³/mol. The summed E-state index contributed by atoms with van der Waals surface area (Å²) in [6.07, 6.45) is 8.04. The molecule has 0 saturated heterocycles. The number of hydrogen-bond donors (Lipinski definition) is 2. The largest absolute Gasteiger partial charge is 0.493 e. The van der Waals surface area contributed by atoms with Gasteiger partial charge < -0.3 is 5.11 Å². The van der Waals surface area contributed by atoms with Crippen molar-refractivity contribution in [1.82, 2.24) is 9.55 Å². The number of halogens is 1. The second-order valence-electron chi connectivity index (χ2n) is 6.11. The lowest BCUT2D eigenvalue weighted by atomic mass is 10.1. The van der Waals surface area contributed by atoms with E-state index in [0.717, 1.165) is 23.8 Å². The average Bonchev–Trinajstić information content (AvgIpc) is 2.61. The highest BCUT2D eigenvalue weighted by Crippen LogP contribution is 2.15. The predicted octanol–water partition coefficient (Wildman–Crippen LogP) is 3.15. The first-order valence-corrected chi connectivity index (χ1v) is 8.88. The lowest BCUT2D eigenvalue weighted by Gasteiger charge is -2.09. The summed E-state index contributed by atoms with van der Waals surface area (Å²) in [5.41, 5.74) is -1.36. The van der Waals surface area contributed by atoms with Crippen LogP contribution < -0.4 is 11.2 Å². The molecule has 1 heterocycles. The molecule has 0 saturated carbocycles. The summed E-state index contributed by atoms with van der Waals surface area (Å²) in [6.45, 7) is 2.71. The molecule has 0 unspecified atom stereocenters.